The van der Waals surface area contributed by atoms with Crippen LogP contribution in [-0.4, -0.2) is 35.1 Å². The monoisotopic (exact) mass is 570 g/mol. The molecule has 0 radical (unpaired) electrons. The summed E-state index contributed by atoms with van der Waals surface area (Å²) >= 11 is 1.46. The molecule has 2 aromatic heterocycles. The van der Waals surface area contributed by atoms with Gasteiger partial charge in [-0.2, -0.15) is 4.31 Å². The molecule has 0 N–H and O–H groups in total. The number of carbonyl (C=O) groups excluding carboxylic acids is 1. The van der Waals surface area contributed by atoms with Crippen molar-refractivity contribution in [1.82, 2.24) is 14.3 Å². The first kappa shape index (κ1) is 27.6. The molecule has 2 heterocycles. The molecule has 204 valence electrons. The number of hydrogen-bond acceptors (Lipinski definition) is 6. The van der Waals surface area contributed by atoms with E-state index in [-0.39, 0.29) is 23.9 Å². The Morgan fingerprint density at radius 1 is 0.875 bits per heavy atom. The summed E-state index contributed by atoms with van der Waals surface area (Å²) in [5.41, 5.74) is 5.25. The Hall–Kier alpha value is -3.92. The summed E-state index contributed by atoms with van der Waals surface area (Å²) in [4.78, 5) is 24.7. The van der Waals surface area contributed by atoms with Gasteiger partial charge in [0.15, 0.2) is 5.13 Å². The number of aromatic nitrogens is 2. The van der Waals surface area contributed by atoms with Crippen LogP contribution in [0.5, 0.6) is 0 Å². The second-order valence-corrected chi connectivity index (χ2v) is 12.5. The van der Waals surface area contributed by atoms with Gasteiger partial charge in [-0.1, -0.05) is 60.7 Å². The number of amides is 1. The van der Waals surface area contributed by atoms with Gasteiger partial charge in [0.1, 0.15) is 0 Å². The number of fused-ring (bicyclic) bond motifs is 1. The lowest BCUT2D eigenvalue weighted by molar-refractivity contribution is 0.0985. The summed E-state index contributed by atoms with van der Waals surface area (Å²) in [5.74, 6) is -0.266. The number of sulfonamides is 1. The van der Waals surface area contributed by atoms with E-state index in [2.05, 4.69) is 11.1 Å². The van der Waals surface area contributed by atoms with E-state index >= 15 is 0 Å². The quantitative estimate of drug-likeness (QED) is 0.206. The first-order chi connectivity index (χ1) is 19.3. The zero-order valence-electron chi connectivity index (χ0n) is 22.6. The van der Waals surface area contributed by atoms with E-state index in [0.29, 0.717) is 17.2 Å². The van der Waals surface area contributed by atoms with E-state index in [9.17, 15) is 13.2 Å². The highest BCUT2D eigenvalue weighted by Gasteiger charge is 2.26. The van der Waals surface area contributed by atoms with E-state index in [1.54, 1.807) is 29.4 Å². The number of thiazole rings is 1. The topological polar surface area (TPSA) is 83.5 Å². The molecule has 5 aromatic rings. The fraction of sp³-hybridized carbons (Fsp3) is 0.194. The molecule has 40 heavy (non-hydrogen) atoms. The van der Waals surface area contributed by atoms with Crippen LogP contribution in [0.3, 0.4) is 0 Å². The summed E-state index contributed by atoms with van der Waals surface area (Å²) in [6.45, 7) is 6.77. The van der Waals surface area contributed by atoms with Gasteiger partial charge in [-0.25, -0.2) is 13.4 Å². The third kappa shape index (κ3) is 5.67. The van der Waals surface area contributed by atoms with Crippen molar-refractivity contribution in [3.63, 3.8) is 0 Å². The maximum Gasteiger partial charge on any atom is 0.260 e. The number of carbonyl (C=O) groups is 1. The molecule has 5 rings (SSSR count). The molecule has 0 fully saturated rings. The SMILES string of the molecule is CCN(Cc1ccccc1)S(=O)(=O)c1ccc(C(=O)N(Cc2cccnc2)c2nc3c(C)c(C)ccc3s2)cc1. The van der Waals surface area contributed by atoms with Crippen LogP contribution in [0.2, 0.25) is 0 Å². The molecule has 0 aliphatic carbocycles. The van der Waals surface area contributed by atoms with Crippen molar-refractivity contribution in [3.8, 4) is 0 Å². The Bertz CT molecular complexity index is 1740. The lowest BCUT2D eigenvalue weighted by Gasteiger charge is -2.22. The van der Waals surface area contributed by atoms with Crippen LogP contribution < -0.4 is 4.90 Å². The third-order valence-corrected chi connectivity index (χ3v) is 9.89. The summed E-state index contributed by atoms with van der Waals surface area (Å²) in [6, 6.07) is 23.5. The van der Waals surface area contributed by atoms with Crippen LogP contribution in [0.1, 0.15) is 39.5 Å². The minimum Gasteiger partial charge on any atom is -0.279 e. The summed E-state index contributed by atoms with van der Waals surface area (Å²) < 4.78 is 29.3. The van der Waals surface area contributed by atoms with Gasteiger partial charge in [0.25, 0.3) is 5.91 Å². The molecule has 9 heteroatoms. The van der Waals surface area contributed by atoms with Crippen molar-refractivity contribution in [1.29, 1.82) is 0 Å². The standard InChI is InChI=1S/C31H30N4O3S2/c1-4-34(20-24-9-6-5-7-10-24)40(37,38)27-15-13-26(14-16-27)30(36)35(21-25-11-8-18-32-19-25)31-33-29-23(3)22(2)12-17-28(29)39-31/h5-19H,4,20-21H2,1-3H3. The predicted molar refractivity (Wildman–Crippen MR) is 160 cm³/mol. The highest BCUT2D eigenvalue weighted by molar-refractivity contribution is 7.89. The molecule has 0 spiro atoms. The molecule has 0 aliphatic rings. The average Bonchev–Trinajstić information content (AvgIpc) is 3.42. The van der Waals surface area contributed by atoms with Gasteiger partial charge >= 0.3 is 0 Å². The molecule has 0 saturated carbocycles. The van der Waals surface area contributed by atoms with E-state index in [0.717, 1.165) is 32.5 Å². The Balaban J connectivity index is 1.46. The highest BCUT2D eigenvalue weighted by Crippen LogP contribution is 2.33. The molecule has 7 nitrogen and oxygen atoms in total. The van der Waals surface area contributed by atoms with Gasteiger partial charge in [-0.15, -0.1) is 0 Å². The van der Waals surface area contributed by atoms with E-state index in [1.165, 1.54) is 27.8 Å². The van der Waals surface area contributed by atoms with E-state index in [1.807, 2.05) is 69.3 Å². The lowest BCUT2D eigenvalue weighted by Crippen LogP contribution is -2.31. The maximum atomic E-state index is 13.9. The fourth-order valence-corrected chi connectivity index (χ4v) is 6.92. The average molecular weight is 571 g/mol. The first-order valence-corrected chi connectivity index (χ1v) is 15.2. The molecule has 0 atom stereocenters. The molecule has 0 aliphatic heterocycles. The number of anilines is 1. The third-order valence-electron chi connectivity index (χ3n) is 6.91. The number of hydrogen-bond donors (Lipinski definition) is 0. The van der Waals surface area contributed by atoms with Gasteiger partial charge in [0.2, 0.25) is 10.0 Å². The second kappa shape index (κ2) is 11.7. The second-order valence-electron chi connectivity index (χ2n) is 9.54. The first-order valence-electron chi connectivity index (χ1n) is 13.0. The Morgan fingerprint density at radius 3 is 2.27 bits per heavy atom. The Morgan fingerprint density at radius 2 is 1.60 bits per heavy atom. The zero-order chi connectivity index (χ0) is 28.3. The Kier molecular flexibility index (Phi) is 8.07. The molecule has 0 saturated heterocycles. The molecule has 0 bridgehead atoms. The summed E-state index contributed by atoms with van der Waals surface area (Å²) in [6.07, 6.45) is 3.42. The normalized spacial score (nSPS) is 11.7. The molecular formula is C31H30N4O3S2. The van der Waals surface area contributed by atoms with Gasteiger partial charge in [0, 0.05) is 31.0 Å². The summed E-state index contributed by atoms with van der Waals surface area (Å²) in [7, 11) is -3.75. The number of benzene rings is 3. The number of nitrogens with zero attached hydrogens (tertiary/aromatic N) is 4. The van der Waals surface area contributed by atoms with Crippen LogP contribution >= 0.6 is 11.3 Å². The molecule has 3 aromatic carbocycles. The highest BCUT2D eigenvalue weighted by atomic mass is 32.2. The predicted octanol–water partition coefficient (Wildman–Crippen LogP) is 6.37. The van der Waals surface area contributed by atoms with Crippen LogP contribution in [0.25, 0.3) is 10.2 Å². The smallest absolute Gasteiger partial charge is 0.260 e. The molecule has 0 unspecified atom stereocenters. The van der Waals surface area contributed by atoms with Gasteiger partial charge in [-0.3, -0.25) is 14.7 Å². The summed E-state index contributed by atoms with van der Waals surface area (Å²) in [5, 5.41) is 0.578. The van der Waals surface area contributed by atoms with Crippen LogP contribution in [-0.2, 0) is 23.1 Å². The van der Waals surface area contributed by atoms with Gasteiger partial charge in [-0.05, 0) is 72.5 Å². The fourth-order valence-electron chi connectivity index (χ4n) is 4.46. The van der Waals surface area contributed by atoms with Crippen molar-refractivity contribution >= 4 is 42.6 Å². The number of rotatable bonds is 9. The van der Waals surface area contributed by atoms with Crippen LogP contribution in [0.15, 0.2) is 96.2 Å². The van der Waals surface area contributed by atoms with Crippen molar-refractivity contribution in [3.05, 3.63) is 119 Å². The van der Waals surface area contributed by atoms with Crippen LogP contribution in [0, 0.1) is 13.8 Å². The molecule has 1 amide bonds. The van der Waals surface area contributed by atoms with Crippen molar-refractivity contribution < 1.29 is 13.2 Å². The lowest BCUT2D eigenvalue weighted by atomic mass is 10.1. The number of aryl methyl sites for hydroxylation is 2. The maximum absolute atomic E-state index is 13.9. The van der Waals surface area contributed by atoms with Gasteiger partial charge < -0.3 is 0 Å². The van der Waals surface area contributed by atoms with E-state index in [4.69, 9.17) is 4.98 Å². The Labute approximate surface area is 238 Å². The van der Waals surface area contributed by atoms with Crippen LogP contribution in [0.4, 0.5) is 5.13 Å². The van der Waals surface area contributed by atoms with Crippen molar-refractivity contribution in [2.45, 2.75) is 38.8 Å². The molecular weight excluding hydrogens is 541 g/mol. The minimum absolute atomic E-state index is 0.145. The van der Waals surface area contributed by atoms with Crippen molar-refractivity contribution in [2.24, 2.45) is 0 Å². The zero-order valence-corrected chi connectivity index (χ0v) is 24.2. The van der Waals surface area contributed by atoms with E-state index < -0.39 is 10.0 Å². The number of pyridine rings is 1. The van der Waals surface area contributed by atoms with Gasteiger partial charge in [0.05, 0.1) is 21.7 Å². The minimum atomic E-state index is -3.75. The van der Waals surface area contributed by atoms with Crippen molar-refractivity contribution in [2.75, 3.05) is 11.4 Å². The largest absolute Gasteiger partial charge is 0.279 e.